The molecule has 2 rings (SSSR count). The normalized spacial score (nSPS) is 11.3. The number of sulfonamides is 1. The number of aryl methyl sites for hydroxylation is 1. The van der Waals surface area contributed by atoms with Crippen molar-refractivity contribution in [2.45, 2.75) is 11.8 Å². The SMILES string of the molecule is CNCCOc1ccc(S(=O)(=O)Nc2nc(C)cs2)cc1. The Morgan fingerprint density at radius 1 is 1.29 bits per heavy atom. The van der Waals surface area contributed by atoms with Crippen LogP contribution in [0.5, 0.6) is 5.75 Å². The lowest BCUT2D eigenvalue weighted by molar-refractivity contribution is 0.318. The molecule has 0 aliphatic carbocycles. The number of ether oxygens (including phenoxy) is 1. The first-order valence-electron chi connectivity index (χ1n) is 6.34. The topological polar surface area (TPSA) is 80.3 Å². The predicted molar refractivity (Wildman–Crippen MR) is 83.5 cm³/mol. The maximum Gasteiger partial charge on any atom is 0.263 e. The molecule has 1 heterocycles. The second-order valence-corrected chi connectivity index (χ2v) is 6.86. The number of hydrogen-bond donors (Lipinski definition) is 2. The molecule has 0 aliphatic heterocycles. The molecule has 0 radical (unpaired) electrons. The van der Waals surface area contributed by atoms with Crippen LogP contribution < -0.4 is 14.8 Å². The Labute approximate surface area is 128 Å². The van der Waals surface area contributed by atoms with E-state index in [1.165, 1.54) is 23.5 Å². The van der Waals surface area contributed by atoms with Crippen LogP contribution in [0.25, 0.3) is 0 Å². The van der Waals surface area contributed by atoms with Gasteiger partial charge in [0, 0.05) is 11.9 Å². The third-order valence-corrected chi connectivity index (χ3v) is 4.96. The Kier molecular flexibility index (Phi) is 5.16. The van der Waals surface area contributed by atoms with Gasteiger partial charge in [-0.3, -0.25) is 4.72 Å². The number of hydrogen-bond acceptors (Lipinski definition) is 6. The molecule has 6 nitrogen and oxygen atoms in total. The summed E-state index contributed by atoms with van der Waals surface area (Å²) in [5, 5.41) is 5.12. The van der Waals surface area contributed by atoms with Crippen LogP contribution in [0.3, 0.4) is 0 Å². The fourth-order valence-electron chi connectivity index (χ4n) is 1.56. The first kappa shape index (κ1) is 15.7. The Morgan fingerprint density at radius 3 is 2.57 bits per heavy atom. The highest BCUT2D eigenvalue weighted by Gasteiger charge is 2.15. The van der Waals surface area contributed by atoms with E-state index in [-0.39, 0.29) is 4.90 Å². The zero-order valence-electron chi connectivity index (χ0n) is 11.8. The van der Waals surface area contributed by atoms with Gasteiger partial charge >= 0.3 is 0 Å². The van der Waals surface area contributed by atoms with Gasteiger partial charge in [-0.1, -0.05) is 0 Å². The lowest BCUT2D eigenvalue weighted by atomic mass is 10.3. The molecule has 8 heteroatoms. The minimum atomic E-state index is -3.61. The maximum atomic E-state index is 12.2. The van der Waals surface area contributed by atoms with E-state index in [0.717, 1.165) is 12.2 Å². The molecule has 2 N–H and O–H groups in total. The van der Waals surface area contributed by atoms with Gasteiger partial charge in [-0.15, -0.1) is 11.3 Å². The highest BCUT2D eigenvalue weighted by Crippen LogP contribution is 2.21. The Balaban J connectivity index is 2.06. The van der Waals surface area contributed by atoms with Crippen molar-refractivity contribution in [3.63, 3.8) is 0 Å². The van der Waals surface area contributed by atoms with Crippen LogP contribution in [0.2, 0.25) is 0 Å². The zero-order valence-corrected chi connectivity index (χ0v) is 13.4. The highest BCUT2D eigenvalue weighted by molar-refractivity contribution is 7.93. The summed E-state index contributed by atoms with van der Waals surface area (Å²) in [5.74, 6) is 0.634. The second-order valence-electron chi connectivity index (χ2n) is 4.32. The minimum absolute atomic E-state index is 0.177. The van der Waals surface area contributed by atoms with Crippen molar-refractivity contribution in [1.82, 2.24) is 10.3 Å². The average Bonchev–Trinajstić information content (AvgIpc) is 2.84. The molecule has 21 heavy (non-hydrogen) atoms. The molecule has 1 aromatic carbocycles. The summed E-state index contributed by atoms with van der Waals surface area (Å²) in [6.07, 6.45) is 0. The van der Waals surface area contributed by atoms with Crippen molar-refractivity contribution in [2.75, 3.05) is 24.9 Å². The van der Waals surface area contributed by atoms with Crippen LogP contribution in [0, 0.1) is 6.92 Å². The molecule has 0 unspecified atom stereocenters. The van der Waals surface area contributed by atoms with Crippen molar-refractivity contribution in [2.24, 2.45) is 0 Å². The van der Waals surface area contributed by atoms with E-state index in [1.54, 1.807) is 17.5 Å². The van der Waals surface area contributed by atoms with Crippen molar-refractivity contribution in [3.05, 3.63) is 35.3 Å². The van der Waals surface area contributed by atoms with Crippen molar-refractivity contribution in [1.29, 1.82) is 0 Å². The molecule has 0 amide bonds. The van der Waals surface area contributed by atoms with Gasteiger partial charge in [-0.05, 0) is 38.2 Å². The summed E-state index contributed by atoms with van der Waals surface area (Å²) in [5.41, 5.74) is 0.783. The number of rotatable bonds is 7. The quantitative estimate of drug-likeness (QED) is 0.759. The summed E-state index contributed by atoms with van der Waals surface area (Å²) in [7, 11) is -1.77. The number of anilines is 1. The average molecular weight is 327 g/mol. The molecule has 1 aromatic heterocycles. The van der Waals surface area contributed by atoms with Crippen LogP contribution >= 0.6 is 11.3 Å². The van der Waals surface area contributed by atoms with Crippen LogP contribution in [-0.2, 0) is 10.0 Å². The lowest BCUT2D eigenvalue weighted by Gasteiger charge is -2.08. The third-order valence-electron chi connectivity index (χ3n) is 2.60. The van der Waals surface area contributed by atoms with Gasteiger partial charge in [0.15, 0.2) is 5.13 Å². The molecule has 0 fully saturated rings. The molecule has 0 bridgehead atoms. The Morgan fingerprint density at radius 2 is 2.00 bits per heavy atom. The predicted octanol–water partition coefficient (Wildman–Crippen LogP) is 1.85. The van der Waals surface area contributed by atoms with Gasteiger partial charge in [-0.2, -0.15) is 0 Å². The van der Waals surface area contributed by atoms with Gasteiger partial charge in [-0.25, -0.2) is 13.4 Å². The van der Waals surface area contributed by atoms with Gasteiger partial charge in [0.05, 0.1) is 10.6 Å². The molecule has 0 spiro atoms. The molecule has 0 atom stereocenters. The smallest absolute Gasteiger partial charge is 0.263 e. The molecule has 114 valence electrons. The first-order chi connectivity index (χ1) is 10.0. The molecule has 0 saturated carbocycles. The lowest BCUT2D eigenvalue weighted by Crippen LogP contribution is -2.16. The Hall–Kier alpha value is -1.64. The monoisotopic (exact) mass is 327 g/mol. The Bertz CT molecular complexity index is 681. The van der Waals surface area contributed by atoms with Crippen molar-refractivity contribution in [3.8, 4) is 5.75 Å². The van der Waals surface area contributed by atoms with Gasteiger partial charge in [0.1, 0.15) is 12.4 Å². The summed E-state index contributed by atoms with van der Waals surface area (Å²) >= 11 is 1.25. The number of nitrogens with zero attached hydrogens (tertiary/aromatic N) is 1. The van der Waals surface area contributed by atoms with Crippen LogP contribution in [0.15, 0.2) is 34.5 Å². The number of likely N-dealkylation sites (N-methyl/N-ethyl adjacent to an activating group) is 1. The van der Waals surface area contributed by atoms with Crippen LogP contribution in [-0.4, -0.2) is 33.6 Å². The highest BCUT2D eigenvalue weighted by atomic mass is 32.2. The van der Waals surface area contributed by atoms with Gasteiger partial charge in [0.25, 0.3) is 10.0 Å². The fraction of sp³-hybridized carbons (Fsp3) is 0.308. The fourth-order valence-corrected chi connectivity index (χ4v) is 3.50. The number of benzene rings is 1. The van der Waals surface area contributed by atoms with Crippen molar-refractivity contribution < 1.29 is 13.2 Å². The van der Waals surface area contributed by atoms with E-state index in [2.05, 4.69) is 15.0 Å². The van der Waals surface area contributed by atoms with E-state index >= 15 is 0 Å². The largest absolute Gasteiger partial charge is 0.492 e. The standard InChI is InChI=1S/C13H17N3O3S2/c1-10-9-20-13(15-10)16-21(17,18)12-5-3-11(4-6-12)19-8-7-14-2/h3-6,9,14H,7-8H2,1-2H3,(H,15,16). The molecular formula is C13H17N3O3S2. The molecule has 2 aromatic rings. The molecule has 0 aliphatic rings. The van der Waals surface area contributed by atoms with E-state index in [0.29, 0.717) is 17.5 Å². The van der Waals surface area contributed by atoms with E-state index in [9.17, 15) is 8.42 Å². The maximum absolute atomic E-state index is 12.2. The summed E-state index contributed by atoms with van der Waals surface area (Å²) < 4.78 is 32.3. The second kappa shape index (κ2) is 6.88. The van der Waals surface area contributed by atoms with Crippen LogP contribution in [0.1, 0.15) is 5.69 Å². The van der Waals surface area contributed by atoms with E-state index in [4.69, 9.17) is 4.74 Å². The zero-order chi connectivity index (χ0) is 15.3. The van der Waals surface area contributed by atoms with Gasteiger partial charge in [0.2, 0.25) is 0 Å². The number of aromatic nitrogens is 1. The van der Waals surface area contributed by atoms with Crippen molar-refractivity contribution >= 4 is 26.5 Å². The van der Waals surface area contributed by atoms with Crippen LogP contribution in [0.4, 0.5) is 5.13 Å². The van der Waals surface area contributed by atoms with Gasteiger partial charge < -0.3 is 10.1 Å². The first-order valence-corrected chi connectivity index (χ1v) is 8.70. The van der Waals surface area contributed by atoms with E-state index < -0.39 is 10.0 Å². The minimum Gasteiger partial charge on any atom is -0.492 e. The number of thiazole rings is 1. The molecular weight excluding hydrogens is 310 g/mol. The summed E-state index contributed by atoms with van der Waals surface area (Å²) in [6.45, 7) is 3.07. The van der Waals surface area contributed by atoms with E-state index in [1.807, 2.05) is 14.0 Å². The summed E-state index contributed by atoms with van der Waals surface area (Å²) in [6, 6.07) is 6.30. The summed E-state index contributed by atoms with van der Waals surface area (Å²) in [4.78, 5) is 4.26. The third kappa shape index (κ3) is 4.42. The number of nitrogens with one attached hydrogen (secondary N) is 2. The molecule has 0 saturated heterocycles.